The summed E-state index contributed by atoms with van der Waals surface area (Å²) in [5, 5.41) is 22.3. The van der Waals surface area contributed by atoms with Gasteiger partial charge in [0, 0.05) is 28.5 Å². The molecule has 7 heteroatoms. The molecule has 6 nitrogen and oxygen atoms in total. The summed E-state index contributed by atoms with van der Waals surface area (Å²) >= 11 is 5.74. The maximum absolute atomic E-state index is 11.3. The molecule has 20 heavy (non-hydrogen) atoms. The lowest BCUT2D eigenvalue weighted by Gasteiger charge is -2.25. The lowest BCUT2D eigenvalue weighted by atomic mass is 10.2. The number of benzene rings is 2. The second-order valence-electron chi connectivity index (χ2n) is 3.85. The van der Waals surface area contributed by atoms with Gasteiger partial charge in [0.1, 0.15) is 6.09 Å². The normalized spacial score (nSPS) is 10.1. The third-order valence-electron chi connectivity index (χ3n) is 2.59. The number of anilines is 2. The van der Waals surface area contributed by atoms with Gasteiger partial charge in [-0.25, -0.2) is 0 Å². The molecule has 102 valence electrons. The molecule has 0 aliphatic rings. The van der Waals surface area contributed by atoms with Crippen LogP contribution in [0.25, 0.3) is 0 Å². The molecule has 0 atom stereocenters. The van der Waals surface area contributed by atoms with Crippen LogP contribution in [0.4, 0.5) is 21.9 Å². The van der Waals surface area contributed by atoms with Gasteiger partial charge in [0.2, 0.25) is 0 Å². The van der Waals surface area contributed by atoms with Crippen LogP contribution in [0.2, 0.25) is 5.02 Å². The van der Waals surface area contributed by atoms with Crippen molar-refractivity contribution in [3.63, 3.8) is 0 Å². The Labute approximate surface area is 119 Å². The average molecular weight is 292 g/mol. The van der Waals surface area contributed by atoms with Crippen molar-refractivity contribution in [1.82, 2.24) is 0 Å². The third-order valence-corrected chi connectivity index (χ3v) is 2.84. The van der Waals surface area contributed by atoms with E-state index in [9.17, 15) is 20.0 Å². The molecule has 2 rings (SSSR count). The molecule has 0 unspecified atom stereocenters. The molecule has 2 aromatic rings. The molecule has 0 fully saturated rings. The predicted molar refractivity (Wildman–Crippen MR) is 72.1 cm³/mol. The van der Waals surface area contributed by atoms with Crippen molar-refractivity contribution in [2.75, 3.05) is 4.90 Å². The van der Waals surface area contributed by atoms with E-state index in [1.165, 1.54) is 48.5 Å². The molecule has 0 saturated heterocycles. The van der Waals surface area contributed by atoms with Gasteiger partial charge < -0.3 is 9.90 Å². The quantitative estimate of drug-likeness (QED) is 0.642. The highest BCUT2D eigenvalue weighted by Crippen LogP contribution is 2.27. The molecule has 1 amide bonds. The zero-order valence-corrected chi connectivity index (χ0v) is 10.8. The number of rotatable bonds is 3. The average Bonchev–Trinajstić information content (AvgIpc) is 2.41. The van der Waals surface area contributed by atoms with Crippen LogP contribution >= 0.6 is 11.6 Å². The lowest BCUT2D eigenvalue weighted by molar-refractivity contribution is -0.384. The zero-order chi connectivity index (χ0) is 14.7. The first-order valence-electron chi connectivity index (χ1n) is 5.50. The molecule has 0 aromatic heterocycles. The van der Waals surface area contributed by atoms with E-state index in [4.69, 9.17) is 11.6 Å². The van der Waals surface area contributed by atoms with Gasteiger partial charge in [-0.05, 0) is 36.4 Å². The summed E-state index contributed by atoms with van der Waals surface area (Å²) in [5.74, 6) is 0. The van der Waals surface area contributed by atoms with Crippen molar-refractivity contribution in [2.24, 2.45) is 0 Å². The van der Waals surface area contributed by atoms with Gasteiger partial charge in [-0.2, -0.15) is 0 Å². The van der Waals surface area contributed by atoms with Gasteiger partial charge in [0.05, 0.1) is 4.92 Å². The van der Waals surface area contributed by atoms with E-state index < -0.39 is 11.0 Å². The smallest absolute Gasteiger partial charge is 0.269 e. The number of carbonyl (C=O) groups is 1. The van der Waals surface area contributed by atoms with E-state index in [1.807, 2.05) is 0 Å². The van der Waals surface area contributed by atoms with Gasteiger partial charge in [-0.1, -0.05) is 11.6 Å². The van der Waals surface area contributed by atoms with Crippen LogP contribution in [0.5, 0.6) is 0 Å². The van der Waals surface area contributed by atoms with Crippen molar-refractivity contribution in [1.29, 1.82) is 0 Å². The van der Waals surface area contributed by atoms with Crippen LogP contribution in [-0.2, 0) is 0 Å². The molecule has 0 bridgehead atoms. The number of nitrogens with zero attached hydrogens (tertiary/aromatic N) is 2. The minimum absolute atomic E-state index is 0.122. The standard InChI is InChI=1S/C13H9ClN2O4/c14-9-1-3-10(4-2-9)15(13(17)18)11-5-7-12(8-6-11)16(19)20/h1-8H,(H,17,18)/p-1. The Morgan fingerprint density at radius 1 is 1.00 bits per heavy atom. The summed E-state index contributed by atoms with van der Waals surface area (Å²) < 4.78 is 0. The van der Waals surface area contributed by atoms with Gasteiger partial charge in [-0.15, -0.1) is 0 Å². The Balaban J connectivity index is 2.40. The predicted octanol–water partition coefficient (Wildman–Crippen LogP) is 2.73. The molecule has 0 aliphatic carbocycles. The van der Waals surface area contributed by atoms with Crippen molar-refractivity contribution < 1.29 is 14.8 Å². The Morgan fingerprint density at radius 3 is 1.85 bits per heavy atom. The highest BCUT2D eigenvalue weighted by Gasteiger charge is 2.12. The van der Waals surface area contributed by atoms with E-state index in [-0.39, 0.29) is 11.4 Å². The molecule has 2 aromatic carbocycles. The number of carbonyl (C=O) groups excluding carboxylic acids is 1. The Bertz CT molecular complexity index is 640. The van der Waals surface area contributed by atoms with Crippen molar-refractivity contribution in [3.05, 3.63) is 63.7 Å². The molecular weight excluding hydrogens is 284 g/mol. The second kappa shape index (κ2) is 5.58. The van der Waals surface area contributed by atoms with Crippen LogP contribution in [-0.4, -0.2) is 11.0 Å². The van der Waals surface area contributed by atoms with Crippen LogP contribution in [0.15, 0.2) is 48.5 Å². The summed E-state index contributed by atoms with van der Waals surface area (Å²) in [5.41, 5.74) is 0.462. The summed E-state index contributed by atoms with van der Waals surface area (Å²) in [6.07, 6.45) is -1.44. The van der Waals surface area contributed by atoms with E-state index in [1.54, 1.807) is 0 Å². The monoisotopic (exact) mass is 291 g/mol. The number of nitro benzene ring substituents is 1. The third kappa shape index (κ3) is 2.86. The minimum Gasteiger partial charge on any atom is -0.529 e. The molecule has 0 spiro atoms. The van der Waals surface area contributed by atoms with E-state index in [0.717, 1.165) is 4.90 Å². The number of nitro groups is 1. The maximum Gasteiger partial charge on any atom is 0.269 e. The fourth-order valence-corrected chi connectivity index (χ4v) is 1.80. The maximum atomic E-state index is 11.3. The number of amides is 1. The Hall–Kier alpha value is -2.60. The fourth-order valence-electron chi connectivity index (χ4n) is 1.67. The highest BCUT2D eigenvalue weighted by atomic mass is 35.5. The summed E-state index contributed by atoms with van der Waals surface area (Å²) in [6.45, 7) is 0. The van der Waals surface area contributed by atoms with Crippen molar-refractivity contribution in [3.8, 4) is 0 Å². The fraction of sp³-hybridized carbons (Fsp3) is 0. The van der Waals surface area contributed by atoms with Gasteiger partial charge in [0.15, 0.2) is 0 Å². The SMILES string of the molecule is O=C([O-])N(c1ccc(Cl)cc1)c1ccc([N+](=O)[O-])cc1. The first-order valence-corrected chi connectivity index (χ1v) is 5.88. The molecule has 0 N–H and O–H groups in total. The number of hydrogen-bond donors (Lipinski definition) is 0. The minimum atomic E-state index is -1.44. The number of non-ortho nitro benzene ring substituents is 1. The van der Waals surface area contributed by atoms with Crippen LogP contribution in [0.1, 0.15) is 0 Å². The number of hydrogen-bond acceptors (Lipinski definition) is 4. The van der Waals surface area contributed by atoms with Gasteiger partial charge in [-0.3, -0.25) is 15.0 Å². The van der Waals surface area contributed by atoms with E-state index in [0.29, 0.717) is 10.7 Å². The first-order chi connectivity index (χ1) is 9.49. The largest absolute Gasteiger partial charge is 0.529 e. The Morgan fingerprint density at radius 2 is 1.45 bits per heavy atom. The molecular formula is C13H8ClN2O4-. The van der Waals surface area contributed by atoms with Crippen molar-refractivity contribution >= 4 is 34.8 Å². The summed E-state index contributed by atoms with van der Waals surface area (Å²) in [7, 11) is 0. The zero-order valence-electron chi connectivity index (χ0n) is 10.0. The van der Waals surface area contributed by atoms with Gasteiger partial charge in [0.25, 0.3) is 5.69 Å². The highest BCUT2D eigenvalue weighted by molar-refractivity contribution is 6.30. The molecule has 0 aliphatic heterocycles. The van der Waals surface area contributed by atoms with E-state index in [2.05, 4.69) is 0 Å². The first kappa shape index (κ1) is 13.8. The van der Waals surface area contributed by atoms with Crippen LogP contribution in [0, 0.1) is 10.1 Å². The molecule has 0 radical (unpaired) electrons. The number of halogens is 1. The molecule has 0 saturated carbocycles. The number of carboxylic acid groups (broad SMARTS) is 1. The second-order valence-corrected chi connectivity index (χ2v) is 4.29. The summed E-state index contributed by atoms with van der Waals surface area (Å²) in [4.78, 5) is 22.2. The Kier molecular flexibility index (Phi) is 3.86. The molecule has 0 heterocycles. The van der Waals surface area contributed by atoms with Gasteiger partial charge >= 0.3 is 0 Å². The van der Waals surface area contributed by atoms with E-state index >= 15 is 0 Å². The van der Waals surface area contributed by atoms with Crippen molar-refractivity contribution in [2.45, 2.75) is 0 Å². The summed E-state index contributed by atoms with van der Waals surface area (Å²) in [6, 6.07) is 11.2. The lowest BCUT2D eigenvalue weighted by Crippen LogP contribution is -2.37. The van der Waals surface area contributed by atoms with Crippen LogP contribution < -0.4 is 10.0 Å². The van der Waals surface area contributed by atoms with Crippen LogP contribution in [0.3, 0.4) is 0 Å². The topological polar surface area (TPSA) is 86.5 Å².